The molecule has 0 bridgehead atoms. The minimum absolute atomic E-state index is 0.181. The van der Waals surface area contributed by atoms with Crippen LogP contribution in [-0.2, 0) is 6.54 Å². The van der Waals surface area contributed by atoms with E-state index in [9.17, 15) is 10.2 Å². The van der Waals surface area contributed by atoms with Crippen LogP contribution in [0.1, 0.15) is 103 Å². The zero-order valence-electron chi connectivity index (χ0n) is 22.0. The highest BCUT2D eigenvalue weighted by molar-refractivity contribution is 5.31. The van der Waals surface area contributed by atoms with Crippen molar-refractivity contribution in [2.45, 2.75) is 110 Å². The van der Waals surface area contributed by atoms with Crippen LogP contribution in [0.15, 0.2) is 48.1 Å². The highest BCUT2D eigenvalue weighted by Gasteiger charge is 2.08. The molecule has 0 saturated heterocycles. The third-order valence-corrected chi connectivity index (χ3v) is 6.25. The lowest BCUT2D eigenvalue weighted by Crippen LogP contribution is -2.21. The molecular formula is C30H52N2O2. The molecule has 0 heterocycles. The molecule has 0 radical (unpaired) electrons. The summed E-state index contributed by atoms with van der Waals surface area (Å²) in [6, 6.07) is 7.55. The van der Waals surface area contributed by atoms with Gasteiger partial charge in [-0.25, -0.2) is 0 Å². The Morgan fingerprint density at radius 2 is 1.35 bits per heavy atom. The maximum atomic E-state index is 9.94. The molecule has 1 aliphatic carbocycles. The van der Waals surface area contributed by atoms with Crippen molar-refractivity contribution in [3.63, 3.8) is 0 Å². The highest BCUT2D eigenvalue weighted by Crippen LogP contribution is 2.15. The molecule has 34 heavy (non-hydrogen) atoms. The Hall–Kier alpha value is -1.62. The average molecular weight is 473 g/mol. The summed E-state index contributed by atoms with van der Waals surface area (Å²) in [7, 11) is 0. The Morgan fingerprint density at radius 3 is 1.97 bits per heavy atom. The van der Waals surface area contributed by atoms with E-state index in [0.29, 0.717) is 5.75 Å². The monoisotopic (exact) mass is 472 g/mol. The molecule has 194 valence electrons. The molecule has 0 spiro atoms. The second kappa shape index (κ2) is 21.9. The van der Waals surface area contributed by atoms with Gasteiger partial charge in [0, 0.05) is 18.7 Å². The van der Waals surface area contributed by atoms with E-state index in [1.165, 1.54) is 69.8 Å². The first-order valence-corrected chi connectivity index (χ1v) is 14.0. The maximum Gasteiger partial charge on any atom is 0.120 e. The van der Waals surface area contributed by atoms with Crippen molar-refractivity contribution in [2.24, 2.45) is 0 Å². The number of rotatable bonds is 17. The van der Waals surface area contributed by atoms with Crippen LogP contribution in [0, 0.1) is 0 Å². The quantitative estimate of drug-likeness (QED) is 0.184. The molecule has 0 saturated carbocycles. The van der Waals surface area contributed by atoms with Crippen LogP contribution in [0.2, 0.25) is 0 Å². The molecule has 4 nitrogen and oxygen atoms in total. The van der Waals surface area contributed by atoms with Crippen molar-refractivity contribution >= 4 is 0 Å². The summed E-state index contributed by atoms with van der Waals surface area (Å²) in [5, 5.41) is 26.7. The van der Waals surface area contributed by atoms with Gasteiger partial charge in [-0.1, -0.05) is 107 Å². The van der Waals surface area contributed by atoms with Crippen LogP contribution in [0.3, 0.4) is 0 Å². The first-order chi connectivity index (χ1) is 16.8. The Labute approximate surface area is 209 Å². The van der Waals surface area contributed by atoms with Crippen molar-refractivity contribution < 1.29 is 10.2 Å². The van der Waals surface area contributed by atoms with E-state index in [4.69, 9.17) is 0 Å². The van der Waals surface area contributed by atoms with Crippen LogP contribution in [0.4, 0.5) is 0 Å². The van der Waals surface area contributed by atoms with Crippen molar-refractivity contribution in [3.05, 3.63) is 53.6 Å². The number of phenols is 1. The average Bonchev–Trinajstić information content (AvgIpc) is 2.84. The lowest BCUT2D eigenvalue weighted by molar-refractivity contribution is 0.165. The van der Waals surface area contributed by atoms with Gasteiger partial charge in [0.05, 0.1) is 6.10 Å². The molecule has 4 N–H and O–H groups in total. The minimum Gasteiger partial charge on any atom is -0.508 e. The maximum absolute atomic E-state index is 9.94. The summed E-state index contributed by atoms with van der Waals surface area (Å²) in [6.45, 7) is 7.76. The van der Waals surface area contributed by atoms with E-state index in [0.717, 1.165) is 51.0 Å². The number of hydrogen-bond donors (Lipinski definition) is 4. The predicted molar refractivity (Wildman–Crippen MR) is 147 cm³/mol. The Balaban J connectivity index is 0.00000281. The lowest BCUT2D eigenvalue weighted by Gasteiger charge is -2.15. The van der Waals surface area contributed by atoms with Crippen LogP contribution in [0.25, 0.3) is 0 Å². The molecule has 0 amide bonds. The Kier molecular flexibility index (Phi) is 19.6. The molecule has 1 aromatic rings. The minimum atomic E-state index is -0.181. The normalized spacial score (nSPS) is 18.2. The van der Waals surface area contributed by atoms with Crippen LogP contribution < -0.4 is 10.6 Å². The molecule has 0 fully saturated rings. The van der Waals surface area contributed by atoms with Gasteiger partial charge in [0.25, 0.3) is 0 Å². The number of para-hydroxylation sites is 1. The summed E-state index contributed by atoms with van der Waals surface area (Å²) in [5.74, 6) is 0.387. The number of hydrogen-bond acceptors (Lipinski definition) is 4. The summed E-state index contributed by atoms with van der Waals surface area (Å²) in [5.41, 5.74) is 2.30. The lowest BCUT2D eigenvalue weighted by atomic mass is 10.0. The zero-order chi connectivity index (χ0) is 24.7. The van der Waals surface area contributed by atoms with Crippen molar-refractivity contribution in [1.29, 1.82) is 0 Å². The van der Waals surface area contributed by atoms with Gasteiger partial charge in [-0.2, -0.15) is 0 Å². The fraction of sp³-hybridized carbons (Fsp3) is 0.667. The van der Waals surface area contributed by atoms with E-state index >= 15 is 0 Å². The van der Waals surface area contributed by atoms with Crippen molar-refractivity contribution in [3.8, 4) is 5.75 Å². The number of aliphatic hydroxyl groups excluding tert-OH is 1. The molecule has 1 aliphatic rings. The topological polar surface area (TPSA) is 64.5 Å². The van der Waals surface area contributed by atoms with Gasteiger partial charge in [-0.15, -0.1) is 0 Å². The second-order valence-electron chi connectivity index (χ2n) is 9.21. The van der Waals surface area contributed by atoms with Gasteiger partial charge in [0.2, 0.25) is 0 Å². The molecule has 0 aromatic heterocycles. The van der Waals surface area contributed by atoms with Crippen LogP contribution in [0.5, 0.6) is 5.75 Å². The Morgan fingerprint density at radius 1 is 0.794 bits per heavy atom. The number of benzene rings is 1. The van der Waals surface area contributed by atoms with E-state index in [-0.39, 0.29) is 6.10 Å². The molecule has 1 unspecified atom stereocenters. The van der Waals surface area contributed by atoms with Gasteiger partial charge >= 0.3 is 0 Å². The standard InChI is InChI=1S/C28H46N2O2.C2H6/c31-27-18-11-9-10-16-25(22-27)23-29-20-14-7-5-3-1-2-4-6-8-15-21-30-24-26-17-12-13-19-28(26)32;1-2/h9-10,12-13,16-17,19,27,29-32H,1-8,11,14-15,18,20-24H2;1-2H3/b10-9-,25-16+;. The first-order valence-electron chi connectivity index (χ1n) is 14.0. The largest absolute Gasteiger partial charge is 0.508 e. The number of nitrogens with one attached hydrogen (secondary N) is 2. The van der Waals surface area contributed by atoms with Gasteiger partial charge < -0.3 is 20.8 Å². The molecule has 1 atom stereocenters. The number of phenolic OH excluding ortho intramolecular Hbond substituents is 1. The Bertz CT molecular complexity index is 657. The molecule has 4 heteroatoms. The third-order valence-electron chi connectivity index (χ3n) is 6.25. The SMILES string of the molecule is CC.Oc1ccccc1CNCCCCCCCCCCCCNC/C1=C/C=C\CCC(O)C1. The smallest absolute Gasteiger partial charge is 0.120 e. The summed E-state index contributed by atoms with van der Waals surface area (Å²) >= 11 is 0. The summed E-state index contributed by atoms with van der Waals surface area (Å²) in [6.07, 6.45) is 22.2. The van der Waals surface area contributed by atoms with E-state index in [2.05, 4.69) is 28.9 Å². The molecule has 2 rings (SSSR count). The summed E-state index contributed by atoms with van der Waals surface area (Å²) < 4.78 is 0. The number of aromatic hydroxyl groups is 1. The van der Waals surface area contributed by atoms with Gasteiger partial charge in [0.15, 0.2) is 0 Å². The van der Waals surface area contributed by atoms with Gasteiger partial charge in [-0.3, -0.25) is 0 Å². The second-order valence-corrected chi connectivity index (χ2v) is 9.21. The van der Waals surface area contributed by atoms with Crippen LogP contribution in [-0.4, -0.2) is 36.0 Å². The van der Waals surface area contributed by atoms with E-state index < -0.39 is 0 Å². The number of allylic oxidation sites excluding steroid dienone is 3. The first kappa shape index (κ1) is 30.4. The summed E-state index contributed by atoms with van der Waals surface area (Å²) in [4.78, 5) is 0. The molecule has 0 aliphatic heterocycles. The number of unbranched alkanes of at least 4 members (excludes halogenated alkanes) is 9. The van der Waals surface area contributed by atoms with Crippen LogP contribution >= 0.6 is 0 Å². The predicted octanol–water partition coefficient (Wildman–Crippen LogP) is 7.03. The van der Waals surface area contributed by atoms with Gasteiger partial charge in [0.1, 0.15) is 5.75 Å². The molecule has 1 aromatic carbocycles. The number of aliphatic hydroxyl groups is 1. The van der Waals surface area contributed by atoms with E-state index in [1.54, 1.807) is 6.07 Å². The fourth-order valence-corrected chi connectivity index (χ4v) is 4.24. The zero-order valence-corrected chi connectivity index (χ0v) is 22.0. The van der Waals surface area contributed by atoms with Crippen molar-refractivity contribution in [2.75, 3.05) is 19.6 Å². The highest BCUT2D eigenvalue weighted by atomic mass is 16.3. The van der Waals surface area contributed by atoms with Gasteiger partial charge in [-0.05, 0) is 51.3 Å². The third kappa shape index (κ3) is 16.1. The molecular weight excluding hydrogens is 420 g/mol. The van der Waals surface area contributed by atoms with Crippen molar-refractivity contribution in [1.82, 2.24) is 10.6 Å². The fourth-order valence-electron chi connectivity index (χ4n) is 4.24. The van der Waals surface area contributed by atoms with E-state index in [1.807, 2.05) is 32.0 Å².